The average molecular weight is 544 g/mol. The predicted molar refractivity (Wildman–Crippen MR) is 149 cm³/mol. The monoisotopic (exact) mass is 543 g/mol. The molecule has 0 unspecified atom stereocenters. The number of hydrogen-bond donors (Lipinski definition) is 1. The summed E-state index contributed by atoms with van der Waals surface area (Å²) in [5.41, 5.74) is 1.53. The van der Waals surface area contributed by atoms with Crippen LogP contribution in [-0.2, 0) is 14.3 Å². The van der Waals surface area contributed by atoms with E-state index in [1.807, 2.05) is 0 Å². The topological polar surface area (TPSA) is 117 Å². The highest BCUT2D eigenvalue weighted by molar-refractivity contribution is 6.03. The fraction of sp³-hybridized carbons (Fsp3) is 0.161. The zero-order chi connectivity index (χ0) is 28.9. The lowest BCUT2D eigenvalue weighted by atomic mass is 10.2. The van der Waals surface area contributed by atoms with E-state index in [2.05, 4.69) is 18.5 Å². The number of amides is 1. The Morgan fingerprint density at radius 1 is 0.725 bits per heavy atom. The van der Waals surface area contributed by atoms with E-state index in [0.29, 0.717) is 54.2 Å². The summed E-state index contributed by atoms with van der Waals surface area (Å²) in [4.78, 5) is 47.6. The lowest BCUT2D eigenvalue weighted by Gasteiger charge is -2.09. The van der Waals surface area contributed by atoms with Crippen molar-refractivity contribution in [2.75, 3.05) is 18.5 Å². The van der Waals surface area contributed by atoms with Crippen LogP contribution in [0.2, 0.25) is 0 Å². The quantitative estimate of drug-likeness (QED) is 0.129. The van der Waals surface area contributed by atoms with Crippen molar-refractivity contribution in [2.45, 2.75) is 19.8 Å². The van der Waals surface area contributed by atoms with E-state index >= 15 is 0 Å². The van der Waals surface area contributed by atoms with Gasteiger partial charge in [-0.25, -0.2) is 14.4 Å². The smallest absolute Gasteiger partial charge is 0.343 e. The molecule has 0 aromatic heterocycles. The second kappa shape index (κ2) is 14.7. The van der Waals surface area contributed by atoms with Crippen LogP contribution in [-0.4, -0.2) is 37.0 Å². The van der Waals surface area contributed by atoms with Gasteiger partial charge in [0.2, 0.25) is 0 Å². The van der Waals surface area contributed by atoms with Gasteiger partial charge in [0, 0.05) is 17.3 Å². The number of benzene rings is 3. The lowest BCUT2D eigenvalue weighted by molar-refractivity contribution is -0.137. The first kappa shape index (κ1) is 29.4. The highest BCUT2D eigenvalue weighted by Gasteiger charge is 2.12. The molecule has 0 saturated carbocycles. The van der Waals surface area contributed by atoms with Crippen molar-refractivity contribution < 1.29 is 38.1 Å². The zero-order valence-corrected chi connectivity index (χ0v) is 22.0. The largest absolute Gasteiger partial charge is 0.494 e. The third-order valence-electron chi connectivity index (χ3n) is 5.32. The van der Waals surface area contributed by atoms with Crippen molar-refractivity contribution in [3.8, 4) is 17.2 Å². The van der Waals surface area contributed by atoms with Crippen LogP contribution in [0.15, 0.2) is 97.6 Å². The molecule has 206 valence electrons. The van der Waals surface area contributed by atoms with Crippen LogP contribution in [0, 0.1) is 0 Å². The first-order chi connectivity index (χ1) is 19.2. The molecule has 0 radical (unpaired) electrons. The van der Waals surface area contributed by atoms with Gasteiger partial charge in [0.25, 0.3) is 5.91 Å². The average Bonchev–Trinajstić information content (AvgIpc) is 2.96. The van der Waals surface area contributed by atoms with Gasteiger partial charge in [-0.15, -0.1) is 0 Å². The number of esters is 3. The van der Waals surface area contributed by atoms with Crippen LogP contribution in [0.1, 0.15) is 40.5 Å². The minimum Gasteiger partial charge on any atom is -0.494 e. The molecule has 1 N–H and O–H groups in total. The molecule has 0 aliphatic rings. The molecule has 9 heteroatoms. The Balaban J connectivity index is 1.44. The Bertz CT molecular complexity index is 1360. The molecule has 0 saturated heterocycles. The molecule has 3 rings (SSSR count). The maximum Gasteiger partial charge on any atom is 0.343 e. The summed E-state index contributed by atoms with van der Waals surface area (Å²) in [6, 6.07) is 18.8. The molecule has 1 amide bonds. The lowest BCUT2D eigenvalue weighted by Crippen LogP contribution is -2.12. The van der Waals surface area contributed by atoms with E-state index in [4.69, 9.17) is 18.9 Å². The van der Waals surface area contributed by atoms with Crippen molar-refractivity contribution in [2.24, 2.45) is 0 Å². The van der Waals surface area contributed by atoms with Gasteiger partial charge in [-0.2, -0.15) is 0 Å². The van der Waals surface area contributed by atoms with Crippen LogP contribution < -0.4 is 19.5 Å². The number of ether oxygens (including phenoxy) is 4. The molecular formula is C31H29NO8. The first-order valence-electron chi connectivity index (χ1n) is 12.4. The molecule has 0 bridgehead atoms. The van der Waals surface area contributed by atoms with Crippen LogP contribution in [0.3, 0.4) is 0 Å². The number of hydrogen-bond acceptors (Lipinski definition) is 8. The summed E-state index contributed by atoms with van der Waals surface area (Å²) >= 11 is 0. The van der Waals surface area contributed by atoms with Crippen LogP contribution >= 0.6 is 0 Å². The Kier molecular flexibility index (Phi) is 10.8. The van der Waals surface area contributed by atoms with Crippen LogP contribution in [0.4, 0.5) is 5.69 Å². The standard InChI is InChI=1S/C31H29NO8/c1-4-28(33)38-20-6-5-19-37-25-13-9-23(10-14-25)31(36)40-27-17-15-26(16-18-27)39-30(35)22-7-11-24(12-8-22)32-29(34)21(2)3/h4,7-18H,1-2,5-6,19-20H2,3H3,(H,32,34). The molecule has 0 spiro atoms. The van der Waals surface area contributed by atoms with E-state index in [-0.39, 0.29) is 17.4 Å². The van der Waals surface area contributed by atoms with Crippen molar-refractivity contribution >= 4 is 29.5 Å². The predicted octanol–water partition coefficient (Wildman–Crippen LogP) is 5.53. The van der Waals surface area contributed by atoms with Gasteiger partial charge in [-0.1, -0.05) is 13.2 Å². The van der Waals surface area contributed by atoms with Crippen molar-refractivity contribution in [1.82, 2.24) is 0 Å². The normalized spacial score (nSPS) is 10.1. The second-order valence-corrected chi connectivity index (χ2v) is 8.51. The van der Waals surface area contributed by atoms with Gasteiger partial charge in [0.1, 0.15) is 17.2 Å². The highest BCUT2D eigenvalue weighted by Crippen LogP contribution is 2.21. The van der Waals surface area contributed by atoms with E-state index in [9.17, 15) is 19.2 Å². The summed E-state index contributed by atoms with van der Waals surface area (Å²) in [6.07, 6.45) is 2.47. The summed E-state index contributed by atoms with van der Waals surface area (Å²) in [5, 5.41) is 2.66. The summed E-state index contributed by atoms with van der Waals surface area (Å²) < 4.78 is 21.3. The third kappa shape index (κ3) is 9.29. The van der Waals surface area contributed by atoms with Crippen molar-refractivity contribution in [3.63, 3.8) is 0 Å². The Hall–Kier alpha value is -5.18. The number of rotatable bonds is 13. The molecule has 40 heavy (non-hydrogen) atoms. The number of nitrogens with one attached hydrogen (secondary N) is 1. The van der Waals surface area contributed by atoms with E-state index in [1.54, 1.807) is 43.3 Å². The summed E-state index contributed by atoms with van der Waals surface area (Å²) in [6.45, 7) is 9.24. The molecule has 0 aliphatic carbocycles. The molecule has 0 atom stereocenters. The summed E-state index contributed by atoms with van der Waals surface area (Å²) in [5.74, 6) is -0.757. The molecule has 0 heterocycles. The molecular weight excluding hydrogens is 514 g/mol. The van der Waals surface area contributed by atoms with Crippen molar-refractivity contribution in [1.29, 1.82) is 0 Å². The van der Waals surface area contributed by atoms with Crippen LogP contribution in [0.5, 0.6) is 17.2 Å². The van der Waals surface area contributed by atoms with Gasteiger partial charge in [-0.05, 0) is 92.6 Å². The highest BCUT2D eigenvalue weighted by atomic mass is 16.5. The number of carbonyl (C=O) groups is 4. The Morgan fingerprint density at radius 3 is 1.70 bits per heavy atom. The van der Waals surface area contributed by atoms with Gasteiger partial charge in [0.05, 0.1) is 24.3 Å². The minimum absolute atomic E-state index is 0.268. The zero-order valence-electron chi connectivity index (χ0n) is 22.0. The third-order valence-corrected chi connectivity index (χ3v) is 5.32. The first-order valence-corrected chi connectivity index (χ1v) is 12.4. The summed E-state index contributed by atoms with van der Waals surface area (Å²) in [7, 11) is 0. The van der Waals surface area contributed by atoms with E-state index in [1.165, 1.54) is 36.4 Å². The number of carbonyl (C=O) groups excluding carboxylic acids is 4. The maximum atomic E-state index is 12.5. The number of anilines is 1. The molecule has 0 fully saturated rings. The van der Waals surface area contributed by atoms with Gasteiger partial charge < -0.3 is 24.3 Å². The fourth-order valence-corrected chi connectivity index (χ4v) is 3.15. The number of unbranched alkanes of at least 4 members (excludes halogenated alkanes) is 1. The molecule has 9 nitrogen and oxygen atoms in total. The van der Waals surface area contributed by atoms with Gasteiger partial charge >= 0.3 is 17.9 Å². The van der Waals surface area contributed by atoms with Crippen LogP contribution in [0.25, 0.3) is 0 Å². The maximum absolute atomic E-state index is 12.5. The Labute approximate surface area is 232 Å². The molecule has 3 aromatic rings. The molecule has 0 aliphatic heterocycles. The van der Waals surface area contributed by atoms with Gasteiger partial charge in [0.15, 0.2) is 0 Å². The molecule has 3 aromatic carbocycles. The second-order valence-electron chi connectivity index (χ2n) is 8.51. The Morgan fingerprint density at radius 2 is 1.20 bits per heavy atom. The fourth-order valence-electron chi connectivity index (χ4n) is 3.15. The SMILES string of the molecule is C=CC(=O)OCCCCOc1ccc(C(=O)Oc2ccc(OC(=O)c3ccc(NC(=O)C(=C)C)cc3)cc2)cc1. The van der Waals surface area contributed by atoms with Gasteiger partial charge in [-0.3, -0.25) is 4.79 Å². The minimum atomic E-state index is -0.582. The van der Waals surface area contributed by atoms with E-state index in [0.717, 1.165) is 6.08 Å². The van der Waals surface area contributed by atoms with Crippen molar-refractivity contribution in [3.05, 3.63) is 109 Å². The van der Waals surface area contributed by atoms with E-state index < -0.39 is 17.9 Å².